The molecule has 1 atom stereocenters. The molecule has 0 aromatic carbocycles. The average Bonchev–Trinajstić information content (AvgIpc) is 3.20. The molecule has 7 heteroatoms. The Morgan fingerprint density at radius 3 is 2.96 bits per heavy atom. The summed E-state index contributed by atoms with van der Waals surface area (Å²) in [6.07, 6.45) is 5.30. The van der Waals surface area contributed by atoms with Gasteiger partial charge in [0.25, 0.3) is 0 Å². The van der Waals surface area contributed by atoms with Crippen molar-refractivity contribution in [1.82, 2.24) is 14.8 Å². The third-order valence-electron chi connectivity index (χ3n) is 3.88. The first-order valence-electron chi connectivity index (χ1n) is 7.91. The molecule has 0 saturated heterocycles. The standard InChI is InChI=1S/C16H21N3O2S2/c1-2-3-7-19-16(10-13-6-9-23(20,21)12-13)17-15(18-19)11-14-5-4-8-22-14/h4-6,8-9,13H,2-3,7,10-12H2,1H3/t13-/m1/s1. The van der Waals surface area contributed by atoms with Gasteiger partial charge in [-0.1, -0.05) is 25.5 Å². The highest BCUT2D eigenvalue weighted by atomic mass is 32.2. The highest BCUT2D eigenvalue weighted by Gasteiger charge is 2.24. The van der Waals surface area contributed by atoms with Crippen molar-refractivity contribution in [2.75, 3.05) is 5.75 Å². The van der Waals surface area contributed by atoms with Crippen LogP contribution in [0.2, 0.25) is 0 Å². The lowest BCUT2D eigenvalue weighted by Crippen LogP contribution is -2.13. The van der Waals surface area contributed by atoms with Crippen molar-refractivity contribution in [3.63, 3.8) is 0 Å². The quantitative estimate of drug-likeness (QED) is 0.769. The lowest BCUT2D eigenvalue weighted by atomic mass is 10.1. The maximum atomic E-state index is 11.6. The summed E-state index contributed by atoms with van der Waals surface area (Å²) in [4.78, 5) is 5.92. The lowest BCUT2D eigenvalue weighted by Gasteiger charge is -2.08. The van der Waals surface area contributed by atoms with E-state index in [4.69, 9.17) is 0 Å². The minimum atomic E-state index is -3.02. The van der Waals surface area contributed by atoms with Crippen molar-refractivity contribution in [2.45, 2.75) is 39.2 Å². The van der Waals surface area contributed by atoms with Crippen molar-refractivity contribution in [3.05, 3.63) is 45.5 Å². The van der Waals surface area contributed by atoms with Gasteiger partial charge in [-0.15, -0.1) is 11.3 Å². The van der Waals surface area contributed by atoms with E-state index in [2.05, 4.69) is 28.5 Å². The van der Waals surface area contributed by atoms with Crippen LogP contribution in [-0.2, 0) is 29.2 Å². The average molecular weight is 351 g/mol. The normalized spacial score (nSPS) is 19.4. The maximum absolute atomic E-state index is 11.6. The fourth-order valence-corrected chi connectivity index (χ4v) is 4.81. The molecule has 3 heterocycles. The van der Waals surface area contributed by atoms with Crippen LogP contribution in [0, 0.1) is 5.92 Å². The maximum Gasteiger partial charge on any atom is 0.171 e. The zero-order valence-electron chi connectivity index (χ0n) is 13.2. The molecule has 0 N–H and O–H groups in total. The number of unbranched alkanes of at least 4 members (excludes halogenated alkanes) is 1. The minimum Gasteiger partial charge on any atom is -0.250 e. The largest absolute Gasteiger partial charge is 0.250 e. The summed E-state index contributed by atoms with van der Waals surface area (Å²) >= 11 is 1.70. The Morgan fingerprint density at radius 2 is 2.30 bits per heavy atom. The molecule has 2 aromatic heterocycles. The molecule has 0 unspecified atom stereocenters. The summed E-state index contributed by atoms with van der Waals surface area (Å²) in [5, 5.41) is 8.02. The Bertz CT molecular complexity index is 776. The molecule has 0 fully saturated rings. The second-order valence-electron chi connectivity index (χ2n) is 5.90. The smallest absolute Gasteiger partial charge is 0.171 e. The monoisotopic (exact) mass is 351 g/mol. The van der Waals surface area contributed by atoms with Gasteiger partial charge in [-0.05, 0) is 23.8 Å². The van der Waals surface area contributed by atoms with Crippen LogP contribution in [0.3, 0.4) is 0 Å². The van der Waals surface area contributed by atoms with Gasteiger partial charge in [-0.25, -0.2) is 18.1 Å². The molecule has 0 spiro atoms. The third kappa shape index (κ3) is 4.29. The number of nitrogens with zero attached hydrogens (tertiary/aromatic N) is 3. The second-order valence-corrected chi connectivity index (χ2v) is 8.86. The molecule has 1 aliphatic heterocycles. The van der Waals surface area contributed by atoms with E-state index in [1.807, 2.05) is 10.7 Å². The summed E-state index contributed by atoms with van der Waals surface area (Å²) < 4.78 is 25.1. The van der Waals surface area contributed by atoms with Gasteiger partial charge in [-0.3, -0.25) is 0 Å². The lowest BCUT2D eigenvalue weighted by molar-refractivity contribution is 0.525. The number of sulfone groups is 1. The SMILES string of the molecule is CCCCn1nc(Cc2cccs2)nc1C[C@H]1C=CS(=O)(=O)C1. The fraction of sp³-hybridized carbons (Fsp3) is 0.500. The van der Waals surface area contributed by atoms with E-state index < -0.39 is 9.84 Å². The van der Waals surface area contributed by atoms with Crippen molar-refractivity contribution in [2.24, 2.45) is 5.92 Å². The van der Waals surface area contributed by atoms with Gasteiger partial charge >= 0.3 is 0 Å². The predicted molar refractivity (Wildman–Crippen MR) is 92.2 cm³/mol. The van der Waals surface area contributed by atoms with Gasteiger partial charge < -0.3 is 0 Å². The Morgan fingerprint density at radius 1 is 1.43 bits per heavy atom. The summed E-state index contributed by atoms with van der Waals surface area (Å²) in [7, 11) is -3.02. The van der Waals surface area contributed by atoms with Crippen LogP contribution in [0.4, 0.5) is 0 Å². The van der Waals surface area contributed by atoms with E-state index in [1.165, 1.54) is 10.3 Å². The predicted octanol–water partition coefficient (Wildman–Crippen LogP) is 2.83. The Labute approximate surface area is 141 Å². The van der Waals surface area contributed by atoms with Gasteiger partial charge in [0.05, 0.1) is 5.75 Å². The minimum absolute atomic E-state index is 0.0131. The Hall–Kier alpha value is -1.47. The topological polar surface area (TPSA) is 64.8 Å². The van der Waals surface area contributed by atoms with Crippen LogP contribution in [0.25, 0.3) is 0 Å². The fourth-order valence-electron chi connectivity index (χ4n) is 2.71. The van der Waals surface area contributed by atoms with Crippen molar-refractivity contribution >= 4 is 21.2 Å². The Balaban J connectivity index is 1.76. The molecule has 124 valence electrons. The second kappa shape index (κ2) is 6.97. The number of hydrogen-bond acceptors (Lipinski definition) is 5. The molecular formula is C16H21N3O2S2. The van der Waals surface area contributed by atoms with Crippen molar-refractivity contribution in [1.29, 1.82) is 0 Å². The van der Waals surface area contributed by atoms with Crippen molar-refractivity contribution < 1.29 is 8.42 Å². The summed E-state index contributed by atoms with van der Waals surface area (Å²) in [6, 6.07) is 4.12. The molecular weight excluding hydrogens is 330 g/mol. The van der Waals surface area contributed by atoms with E-state index in [0.29, 0.717) is 6.42 Å². The molecule has 5 nitrogen and oxygen atoms in total. The van der Waals surface area contributed by atoms with Gasteiger partial charge in [0.2, 0.25) is 0 Å². The molecule has 0 bridgehead atoms. The van der Waals surface area contributed by atoms with Gasteiger partial charge in [0, 0.05) is 29.7 Å². The molecule has 3 rings (SSSR count). The van der Waals surface area contributed by atoms with E-state index in [1.54, 1.807) is 17.4 Å². The summed E-state index contributed by atoms with van der Waals surface area (Å²) in [5.41, 5.74) is 0. The molecule has 0 saturated carbocycles. The highest BCUT2D eigenvalue weighted by molar-refractivity contribution is 7.94. The zero-order valence-corrected chi connectivity index (χ0v) is 14.8. The molecule has 1 aliphatic rings. The van der Waals surface area contributed by atoms with Crippen LogP contribution >= 0.6 is 11.3 Å². The third-order valence-corrected chi connectivity index (χ3v) is 6.22. The van der Waals surface area contributed by atoms with Crippen LogP contribution in [0.5, 0.6) is 0 Å². The first-order valence-corrected chi connectivity index (χ1v) is 10.5. The summed E-state index contributed by atoms with van der Waals surface area (Å²) in [6.45, 7) is 2.99. The molecule has 0 amide bonds. The molecule has 0 radical (unpaired) electrons. The number of allylic oxidation sites excluding steroid dienone is 1. The molecule has 0 aliphatic carbocycles. The van der Waals surface area contributed by atoms with Gasteiger partial charge in [-0.2, -0.15) is 5.10 Å². The number of rotatable bonds is 7. The number of aryl methyl sites for hydroxylation is 1. The zero-order chi connectivity index (χ0) is 16.3. The van der Waals surface area contributed by atoms with E-state index in [-0.39, 0.29) is 11.7 Å². The van der Waals surface area contributed by atoms with E-state index in [9.17, 15) is 8.42 Å². The van der Waals surface area contributed by atoms with Gasteiger partial charge in [0.15, 0.2) is 15.7 Å². The Kier molecular flexibility index (Phi) is 4.96. The van der Waals surface area contributed by atoms with Crippen molar-refractivity contribution in [3.8, 4) is 0 Å². The van der Waals surface area contributed by atoms with Crippen LogP contribution in [0.1, 0.15) is 36.3 Å². The highest BCUT2D eigenvalue weighted by Crippen LogP contribution is 2.20. The first kappa shape index (κ1) is 16.4. The van der Waals surface area contributed by atoms with Crippen LogP contribution in [-0.4, -0.2) is 28.9 Å². The van der Waals surface area contributed by atoms with E-state index in [0.717, 1.165) is 37.5 Å². The first-order chi connectivity index (χ1) is 11.1. The van der Waals surface area contributed by atoms with E-state index >= 15 is 0 Å². The molecule has 2 aromatic rings. The summed E-state index contributed by atoms with van der Waals surface area (Å²) in [5.74, 6) is 1.92. The van der Waals surface area contributed by atoms with Crippen LogP contribution in [0.15, 0.2) is 29.0 Å². The number of hydrogen-bond donors (Lipinski definition) is 0. The number of thiophene rings is 1. The van der Waals surface area contributed by atoms with Gasteiger partial charge in [0.1, 0.15) is 5.82 Å². The molecule has 23 heavy (non-hydrogen) atoms. The number of aromatic nitrogens is 3. The van der Waals surface area contributed by atoms with Crippen LogP contribution < -0.4 is 0 Å².